The van der Waals surface area contributed by atoms with Crippen molar-refractivity contribution in [3.63, 3.8) is 0 Å². The van der Waals surface area contributed by atoms with E-state index in [4.69, 9.17) is 0 Å². The van der Waals surface area contributed by atoms with Gasteiger partial charge in [-0.25, -0.2) is 0 Å². The van der Waals surface area contributed by atoms with Crippen LogP contribution >= 0.6 is 0 Å². The molecule has 0 aromatic carbocycles. The highest BCUT2D eigenvalue weighted by Gasteiger charge is 2.43. The second-order valence-electron chi connectivity index (χ2n) is 7.04. The number of aliphatic carboxylic acids is 1. The molecule has 0 aromatic rings. The molecule has 0 aromatic heterocycles. The van der Waals surface area contributed by atoms with E-state index in [1.165, 1.54) is 25.7 Å². The summed E-state index contributed by atoms with van der Waals surface area (Å²) < 4.78 is 0. The van der Waals surface area contributed by atoms with Gasteiger partial charge in [0.2, 0.25) is 5.91 Å². The van der Waals surface area contributed by atoms with Gasteiger partial charge in [0.05, 0.1) is 5.41 Å². The van der Waals surface area contributed by atoms with Crippen molar-refractivity contribution in [2.75, 3.05) is 0 Å². The van der Waals surface area contributed by atoms with E-state index in [1.807, 2.05) is 0 Å². The van der Waals surface area contributed by atoms with Crippen LogP contribution < -0.4 is 5.32 Å². The van der Waals surface area contributed by atoms with Gasteiger partial charge in [-0.1, -0.05) is 32.6 Å². The third-order valence-electron chi connectivity index (χ3n) is 5.42. The molecular formula is C17H29NO3. The van der Waals surface area contributed by atoms with Crippen LogP contribution in [0.15, 0.2) is 0 Å². The summed E-state index contributed by atoms with van der Waals surface area (Å²) in [7, 11) is 0. The van der Waals surface area contributed by atoms with Crippen molar-refractivity contribution in [2.24, 2.45) is 11.3 Å². The van der Waals surface area contributed by atoms with Gasteiger partial charge in [-0.15, -0.1) is 0 Å². The molecule has 2 fully saturated rings. The Kier molecular flexibility index (Phi) is 5.65. The standard InChI is InChI=1S/C17H29NO3/c1-2-5-13-6-8-14(9-7-13)18-15(19)12-17(16(20)21)10-3-4-11-17/h13-14H,2-12H2,1H3,(H,18,19)(H,20,21). The summed E-state index contributed by atoms with van der Waals surface area (Å²) in [5.41, 5.74) is -0.788. The first-order chi connectivity index (χ1) is 10.1. The van der Waals surface area contributed by atoms with Gasteiger partial charge in [-0.2, -0.15) is 0 Å². The first kappa shape index (κ1) is 16.3. The molecule has 0 bridgehead atoms. The van der Waals surface area contributed by atoms with E-state index >= 15 is 0 Å². The fourth-order valence-corrected chi connectivity index (χ4v) is 4.11. The minimum atomic E-state index is -0.790. The molecule has 0 spiro atoms. The number of rotatable bonds is 6. The van der Waals surface area contributed by atoms with Crippen molar-refractivity contribution >= 4 is 11.9 Å². The molecule has 21 heavy (non-hydrogen) atoms. The van der Waals surface area contributed by atoms with Crippen LogP contribution in [-0.2, 0) is 9.59 Å². The highest BCUT2D eigenvalue weighted by atomic mass is 16.4. The second kappa shape index (κ2) is 7.28. The molecule has 2 aliphatic carbocycles. The maximum atomic E-state index is 12.2. The minimum Gasteiger partial charge on any atom is -0.481 e. The molecule has 0 unspecified atom stereocenters. The molecule has 0 radical (unpaired) electrons. The summed E-state index contributed by atoms with van der Waals surface area (Å²) in [6, 6.07) is 0.262. The Hall–Kier alpha value is -1.06. The van der Waals surface area contributed by atoms with E-state index in [0.29, 0.717) is 12.8 Å². The number of nitrogens with one attached hydrogen (secondary N) is 1. The van der Waals surface area contributed by atoms with Crippen LogP contribution in [0.5, 0.6) is 0 Å². The number of carboxylic acid groups (broad SMARTS) is 1. The first-order valence-corrected chi connectivity index (χ1v) is 8.58. The highest BCUT2D eigenvalue weighted by Crippen LogP contribution is 2.41. The molecule has 0 atom stereocenters. The molecule has 0 aliphatic heterocycles. The Morgan fingerprint density at radius 1 is 1.14 bits per heavy atom. The van der Waals surface area contributed by atoms with Crippen molar-refractivity contribution in [1.29, 1.82) is 0 Å². The Morgan fingerprint density at radius 2 is 1.76 bits per heavy atom. The number of carboxylic acids is 1. The molecule has 2 aliphatic rings. The van der Waals surface area contributed by atoms with Gasteiger partial charge in [0.15, 0.2) is 0 Å². The minimum absolute atomic E-state index is 0.0572. The largest absolute Gasteiger partial charge is 0.481 e. The van der Waals surface area contributed by atoms with Crippen LogP contribution in [0, 0.1) is 11.3 Å². The van der Waals surface area contributed by atoms with Gasteiger partial charge in [-0.3, -0.25) is 9.59 Å². The topological polar surface area (TPSA) is 66.4 Å². The van der Waals surface area contributed by atoms with Gasteiger partial charge >= 0.3 is 5.97 Å². The predicted molar refractivity (Wildman–Crippen MR) is 82.0 cm³/mol. The second-order valence-corrected chi connectivity index (χ2v) is 7.04. The maximum Gasteiger partial charge on any atom is 0.310 e. The Morgan fingerprint density at radius 3 is 2.29 bits per heavy atom. The van der Waals surface area contributed by atoms with Gasteiger partial charge in [-0.05, 0) is 44.4 Å². The summed E-state index contributed by atoms with van der Waals surface area (Å²) in [6.45, 7) is 2.22. The summed E-state index contributed by atoms with van der Waals surface area (Å²) in [6.07, 6.45) is 10.4. The Bertz CT molecular complexity index is 366. The average molecular weight is 295 g/mol. The van der Waals surface area contributed by atoms with Crippen LogP contribution in [0.25, 0.3) is 0 Å². The summed E-state index contributed by atoms with van der Waals surface area (Å²) in [4.78, 5) is 23.7. The van der Waals surface area contributed by atoms with Crippen LogP contribution in [0.3, 0.4) is 0 Å². The van der Waals surface area contributed by atoms with Crippen molar-refractivity contribution in [3.8, 4) is 0 Å². The molecule has 0 saturated heterocycles. The Labute approximate surface area is 127 Å². The van der Waals surface area contributed by atoms with Gasteiger partial charge in [0, 0.05) is 12.5 Å². The molecule has 4 nitrogen and oxygen atoms in total. The zero-order chi connectivity index (χ0) is 15.3. The highest BCUT2D eigenvalue weighted by molar-refractivity contribution is 5.85. The van der Waals surface area contributed by atoms with E-state index in [1.54, 1.807) is 0 Å². The van der Waals surface area contributed by atoms with Crippen LogP contribution in [0.1, 0.15) is 77.6 Å². The quantitative estimate of drug-likeness (QED) is 0.788. The zero-order valence-corrected chi connectivity index (χ0v) is 13.2. The number of amides is 1. The number of hydrogen-bond acceptors (Lipinski definition) is 2. The lowest BCUT2D eigenvalue weighted by Crippen LogP contribution is -2.41. The van der Waals surface area contributed by atoms with Crippen molar-refractivity contribution < 1.29 is 14.7 Å². The van der Waals surface area contributed by atoms with E-state index < -0.39 is 11.4 Å². The predicted octanol–water partition coefficient (Wildman–Crippen LogP) is 3.50. The number of hydrogen-bond donors (Lipinski definition) is 2. The fraction of sp³-hybridized carbons (Fsp3) is 0.882. The monoisotopic (exact) mass is 295 g/mol. The lowest BCUT2D eigenvalue weighted by molar-refractivity contribution is -0.151. The van der Waals surface area contributed by atoms with Crippen LogP contribution in [-0.4, -0.2) is 23.0 Å². The van der Waals surface area contributed by atoms with Gasteiger partial charge in [0.1, 0.15) is 0 Å². The molecule has 4 heteroatoms. The molecule has 120 valence electrons. The third kappa shape index (κ3) is 4.21. The van der Waals surface area contributed by atoms with E-state index in [-0.39, 0.29) is 18.4 Å². The summed E-state index contributed by atoms with van der Waals surface area (Å²) in [5, 5.41) is 12.5. The van der Waals surface area contributed by atoms with Crippen molar-refractivity contribution in [1.82, 2.24) is 5.32 Å². The summed E-state index contributed by atoms with van der Waals surface area (Å²) >= 11 is 0. The normalized spacial score (nSPS) is 28.2. The average Bonchev–Trinajstić information content (AvgIpc) is 2.91. The van der Waals surface area contributed by atoms with E-state index in [9.17, 15) is 14.7 Å². The first-order valence-electron chi connectivity index (χ1n) is 8.58. The van der Waals surface area contributed by atoms with Crippen LogP contribution in [0.2, 0.25) is 0 Å². The Balaban J connectivity index is 1.78. The van der Waals surface area contributed by atoms with Gasteiger partial charge in [0.25, 0.3) is 0 Å². The van der Waals surface area contributed by atoms with Crippen molar-refractivity contribution in [3.05, 3.63) is 0 Å². The molecule has 1 amide bonds. The lowest BCUT2D eigenvalue weighted by atomic mass is 9.81. The van der Waals surface area contributed by atoms with E-state index in [2.05, 4.69) is 12.2 Å². The fourth-order valence-electron chi connectivity index (χ4n) is 4.11. The third-order valence-corrected chi connectivity index (χ3v) is 5.42. The molecule has 0 heterocycles. The molecule has 2 saturated carbocycles. The molecule has 2 rings (SSSR count). The van der Waals surface area contributed by atoms with E-state index in [0.717, 1.165) is 31.6 Å². The summed E-state index contributed by atoms with van der Waals surface area (Å²) in [5.74, 6) is -0.0246. The SMILES string of the molecule is CCCC1CCC(NC(=O)CC2(C(=O)O)CCCC2)CC1. The van der Waals surface area contributed by atoms with Crippen LogP contribution in [0.4, 0.5) is 0 Å². The lowest BCUT2D eigenvalue weighted by Gasteiger charge is -2.30. The number of carbonyl (C=O) groups is 2. The zero-order valence-electron chi connectivity index (χ0n) is 13.2. The molecule has 2 N–H and O–H groups in total. The number of carbonyl (C=O) groups excluding carboxylic acids is 1. The molecular weight excluding hydrogens is 266 g/mol. The van der Waals surface area contributed by atoms with Crippen molar-refractivity contribution in [2.45, 2.75) is 83.6 Å². The van der Waals surface area contributed by atoms with Gasteiger partial charge < -0.3 is 10.4 Å². The smallest absolute Gasteiger partial charge is 0.310 e. The maximum absolute atomic E-state index is 12.2.